The number of nitrogens with zero attached hydrogens (tertiary/aromatic N) is 2. The summed E-state index contributed by atoms with van der Waals surface area (Å²) in [5.74, 6) is 0.233. The number of methoxy groups -OCH3 is 1. The highest BCUT2D eigenvalue weighted by Gasteiger charge is 2.53. The summed E-state index contributed by atoms with van der Waals surface area (Å²) >= 11 is 0. The SMILES string of the molecule is COc1ccccc1C1CNCCN1C(=O)CN1C(=O)NC2(CCCC2)C1=O. The second-order valence-electron chi connectivity index (χ2n) is 7.66. The molecule has 2 heterocycles. The maximum atomic E-state index is 13.1. The molecular formula is C20H26N4O4. The van der Waals surface area contributed by atoms with Crippen molar-refractivity contribution in [1.82, 2.24) is 20.4 Å². The van der Waals surface area contributed by atoms with Crippen LogP contribution in [-0.2, 0) is 9.59 Å². The van der Waals surface area contributed by atoms with Crippen molar-refractivity contribution in [3.05, 3.63) is 29.8 Å². The van der Waals surface area contributed by atoms with Crippen LogP contribution in [0.5, 0.6) is 5.75 Å². The van der Waals surface area contributed by atoms with Gasteiger partial charge >= 0.3 is 6.03 Å². The topological polar surface area (TPSA) is 91.0 Å². The van der Waals surface area contributed by atoms with Gasteiger partial charge in [-0.2, -0.15) is 0 Å². The number of urea groups is 1. The molecule has 8 heteroatoms. The predicted octanol–water partition coefficient (Wildman–Crippen LogP) is 1.03. The third-order valence-corrected chi connectivity index (χ3v) is 6.06. The largest absolute Gasteiger partial charge is 0.496 e. The number of nitrogens with one attached hydrogen (secondary N) is 2. The van der Waals surface area contributed by atoms with Gasteiger partial charge in [-0.15, -0.1) is 0 Å². The van der Waals surface area contributed by atoms with Gasteiger partial charge in [0.15, 0.2) is 0 Å². The Hall–Kier alpha value is -2.61. The van der Waals surface area contributed by atoms with E-state index in [-0.39, 0.29) is 24.4 Å². The zero-order valence-corrected chi connectivity index (χ0v) is 16.1. The summed E-state index contributed by atoms with van der Waals surface area (Å²) in [7, 11) is 1.61. The number of rotatable bonds is 4. The number of benzene rings is 1. The molecule has 150 valence electrons. The molecule has 8 nitrogen and oxygen atoms in total. The molecule has 0 bridgehead atoms. The first kappa shape index (κ1) is 18.7. The minimum atomic E-state index is -0.789. The fourth-order valence-corrected chi connectivity index (χ4v) is 4.59. The van der Waals surface area contributed by atoms with Crippen molar-refractivity contribution >= 4 is 17.8 Å². The molecule has 3 fully saturated rings. The lowest BCUT2D eigenvalue weighted by Crippen LogP contribution is -2.52. The number of carbonyl (C=O) groups is 3. The van der Waals surface area contributed by atoms with Gasteiger partial charge in [-0.05, 0) is 18.9 Å². The lowest BCUT2D eigenvalue weighted by atomic mass is 9.98. The van der Waals surface area contributed by atoms with Gasteiger partial charge in [-0.25, -0.2) is 4.79 Å². The fourth-order valence-electron chi connectivity index (χ4n) is 4.59. The molecule has 2 aliphatic heterocycles. The van der Waals surface area contributed by atoms with Gasteiger partial charge in [0.2, 0.25) is 5.91 Å². The quantitative estimate of drug-likeness (QED) is 0.755. The summed E-state index contributed by atoms with van der Waals surface area (Å²) in [4.78, 5) is 41.2. The van der Waals surface area contributed by atoms with Crippen molar-refractivity contribution in [2.45, 2.75) is 37.3 Å². The molecule has 3 aliphatic rings. The minimum absolute atomic E-state index is 0.210. The molecule has 1 aliphatic carbocycles. The number of carbonyl (C=O) groups excluding carboxylic acids is 3. The van der Waals surface area contributed by atoms with Gasteiger partial charge in [-0.1, -0.05) is 31.0 Å². The molecule has 1 atom stereocenters. The first-order chi connectivity index (χ1) is 13.6. The maximum absolute atomic E-state index is 13.1. The number of ether oxygens (including phenoxy) is 1. The highest BCUT2D eigenvalue weighted by atomic mass is 16.5. The molecule has 1 saturated carbocycles. The van der Waals surface area contributed by atoms with E-state index in [9.17, 15) is 14.4 Å². The predicted molar refractivity (Wildman–Crippen MR) is 102 cm³/mol. The normalized spacial score (nSPS) is 24.0. The lowest BCUT2D eigenvalue weighted by Gasteiger charge is -2.37. The zero-order chi connectivity index (χ0) is 19.7. The molecule has 1 spiro atoms. The Labute approximate surface area is 164 Å². The number of imide groups is 1. The lowest BCUT2D eigenvalue weighted by molar-refractivity contribution is -0.141. The molecule has 4 amide bonds. The van der Waals surface area contributed by atoms with Crippen LogP contribution in [0.3, 0.4) is 0 Å². The Balaban J connectivity index is 1.53. The van der Waals surface area contributed by atoms with Crippen LogP contribution >= 0.6 is 0 Å². The van der Waals surface area contributed by atoms with E-state index >= 15 is 0 Å². The van der Waals surface area contributed by atoms with Crippen LogP contribution in [0, 0.1) is 0 Å². The molecule has 2 N–H and O–H groups in total. The second kappa shape index (κ2) is 7.43. The molecule has 1 aromatic rings. The fraction of sp³-hybridized carbons (Fsp3) is 0.550. The van der Waals surface area contributed by atoms with Crippen LogP contribution in [0.2, 0.25) is 0 Å². The van der Waals surface area contributed by atoms with E-state index in [0.717, 1.165) is 23.3 Å². The van der Waals surface area contributed by atoms with Crippen molar-refractivity contribution in [2.24, 2.45) is 0 Å². The van der Waals surface area contributed by atoms with Crippen molar-refractivity contribution in [3.8, 4) is 5.75 Å². The van der Waals surface area contributed by atoms with Crippen molar-refractivity contribution < 1.29 is 19.1 Å². The van der Waals surface area contributed by atoms with Crippen LogP contribution in [-0.4, -0.2) is 66.5 Å². The first-order valence-electron chi connectivity index (χ1n) is 9.83. The van der Waals surface area contributed by atoms with E-state index in [1.807, 2.05) is 24.3 Å². The zero-order valence-electron chi connectivity index (χ0n) is 16.1. The summed E-state index contributed by atoms with van der Waals surface area (Å²) in [6.07, 6.45) is 3.14. The minimum Gasteiger partial charge on any atom is -0.496 e. The molecule has 28 heavy (non-hydrogen) atoms. The maximum Gasteiger partial charge on any atom is 0.325 e. The summed E-state index contributed by atoms with van der Waals surface area (Å²) < 4.78 is 5.46. The van der Waals surface area contributed by atoms with Gasteiger partial charge in [0.05, 0.1) is 13.2 Å². The molecule has 2 saturated heterocycles. The molecule has 0 aromatic heterocycles. The Kier molecular flexibility index (Phi) is 4.97. The van der Waals surface area contributed by atoms with E-state index in [1.165, 1.54) is 0 Å². The van der Waals surface area contributed by atoms with Crippen LogP contribution in [0.25, 0.3) is 0 Å². The van der Waals surface area contributed by atoms with E-state index in [1.54, 1.807) is 12.0 Å². The second-order valence-corrected chi connectivity index (χ2v) is 7.66. The Morgan fingerprint density at radius 1 is 1.25 bits per heavy atom. The summed E-state index contributed by atoms with van der Waals surface area (Å²) in [5.41, 5.74) is 0.123. The smallest absolute Gasteiger partial charge is 0.325 e. The molecule has 1 aromatic carbocycles. The molecule has 0 radical (unpaired) electrons. The molecule has 4 rings (SSSR count). The van der Waals surface area contributed by atoms with Crippen LogP contribution in [0.4, 0.5) is 4.79 Å². The van der Waals surface area contributed by atoms with Gasteiger partial charge in [0.1, 0.15) is 17.8 Å². The standard InChI is InChI=1S/C20H26N4O4/c1-28-16-7-3-2-6-14(16)15-12-21-10-11-23(15)17(25)13-24-18(26)20(22-19(24)27)8-4-5-9-20/h2-3,6-7,15,21H,4-5,8-13H2,1H3,(H,22,27). The molecular weight excluding hydrogens is 360 g/mol. The van der Waals surface area contributed by atoms with Gasteiger partial charge in [0, 0.05) is 25.2 Å². The van der Waals surface area contributed by atoms with E-state index < -0.39 is 11.6 Å². The number of piperazine rings is 1. The van der Waals surface area contributed by atoms with Crippen molar-refractivity contribution in [2.75, 3.05) is 33.3 Å². The summed E-state index contributed by atoms with van der Waals surface area (Å²) in [5, 5.41) is 6.14. The van der Waals surface area contributed by atoms with E-state index in [4.69, 9.17) is 4.74 Å². The van der Waals surface area contributed by atoms with Gasteiger partial charge in [-0.3, -0.25) is 14.5 Å². The number of hydrogen-bond donors (Lipinski definition) is 2. The van der Waals surface area contributed by atoms with Gasteiger partial charge in [0.25, 0.3) is 5.91 Å². The Bertz CT molecular complexity index is 790. The first-order valence-corrected chi connectivity index (χ1v) is 9.83. The van der Waals surface area contributed by atoms with Crippen LogP contribution in [0.15, 0.2) is 24.3 Å². The Morgan fingerprint density at radius 2 is 2.00 bits per heavy atom. The average Bonchev–Trinajstić information content (AvgIpc) is 3.28. The Morgan fingerprint density at radius 3 is 2.75 bits per heavy atom. The van der Waals surface area contributed by atoms with Crippen LogP contribution in [0.1, 0.15) is 37.3 Å². The third-order valence-electron chi connectivity index (χ3n) is 6.06. The highest BCUT2D eigenvalue weighted by Crippen LogP contribution is 2.35. The number of amides is 4. The average molecular weight is 386 g/mol. The van der Waals surface area contributed by atoms with Crippen molar-refractivity contribution in [3.63, 3.8) is 0 Å². The number of para-hydroxylation sites is 1. The van der Waals surface area contributed by atoms with E-state index in [2.05, 4.69) is 10.6 Å². The summed E-state index contributed by atoms with van der Waals surface area (Å²) in [6, 6.07) is 6.95. The van der Waals surface area contributed by atoms with Crippen LogP contribution < -0.4 is 15.4 Å². The highest BCUT2D eigenvalue weighted by molar-refractivity contribution is 6.09. The van der Waals surface area contributed by atoms with Crippen molar-refractivity contribution in [1.29, 1.82) is 0 Å². The van der Waals surface area contributed by atoms with E-state index in [0.29, 0.717) is 38.2 Å². The van der Waals surface area contributed by atoms with Gasteiger partial charge < -0.3 is 20.3 Å². The third kappa shape index (κ3) is 3.11. The summed E-state index contributed by atoms with van der Waals surface area (Å²) in [6.45, 7) is 1.55. The monoisotopic (exact) mass is 386 g/mol. The number of hydrogen-bond acceptors (Lipinski definition) is 5. The molecule has 1 unspecified atom stereocenters.